The standard InChI is InChI=1S/C32H28N2O5/c1-4-37-26-16-20(14-15-25(26)39-18-22-11-7-6-10-21(22)17-33)28-27(32(36)38-5-2)19(3)34-30-23-12-8-9-13-24(23)31(35)29(28)30/h6-16,28,34H,4-5,18H2,1-3H3/t28-/m1/s1. The number of Topliss-reactive ketones (excluding diaryl/α,β-unsaturated/α-hetero) is 1. The summed E-state index contributed by atoms with van der Waals surface area (Å²) in [5.74, 6) is -0.286. The van der Waals surface area contributed by atoms with Crippen LogP contribution >= 0.6 is 0 Å². The summed E-state index contributed by atoms with van der Waals surface area (Å²) in [5.41, 5.74) is 5.65. The maximum Gasteiger partial charge on any atom is 0.336 e. The molecule has 1 N–H and O–H groups in total. The highest BCUT2D eigenvalue weighted by molar-refractivity contribution is 6.23. The fraction of sp³-hybridized carbons (Fsp3) is 0.219. The van der Waals surface area contributed by atoms with Crippen molar-refractivity contribution in [2.75, 3.05) is 13.2 Å². The van der Waals surface area contributed by atoms with Crippen LogP contribution in [-0.2, 0) is 16.1 Å². The molecule has 0 spiro atoms. The summed E-state index contributed by atoms with van der Waals surface area (Å²) in [6.07, 6.45) is 0. The third kappa shape index (κ3) is 4.66. The molecule has 3 aromatic rings. The number of carbonyl (C=O) groups excluding carboxylic acids is 2. The van der Waals surface area contributed by atoms with Crippen LogP contribution < -0.4 is 14.8 Å². The molecule has 0 unspecified atom stereocenters. The summed E-state index contributed by atoms with van der Waals surface area (Å²) in [6.45, 7) is 6.24. The zero-order valence-electron chi connectivity index (χ0n) is 22.0. The molecule has 0 amide bonds. The Kier molecular flexibility index (Phi) is 7.20. The van der Waals surface area contributed by atoms with E-state index in [0.29, 0.717) is 57.3 Å². The summed E-state index contributed by atoms with van der Waals surface area (Å²) < 4.78 is 17.4. The van der Waals surface area contributed by atoms with Crippen molar-refractivity contribution in [2.45, 2.75) is 33.3 Å². The number of hydrogen-bond acceptors (Lipinski definition) is 7. The van der Waals surface area contributed by atoms with E-state index in [2.05, 4.69) is 11.4 Å². The Labute approximate surface area is 227 Å². The minimum Gasteiger partial charge on any atom is -0.490 e. The molecule has 0 saturated heterocycles. The first-order chi connectivity index (χ1) is 19.0. The molecule has 0 radical (unpaired) electrons. The normalized spacial score (nSPS) is 15.7. The van der Waals surface area contributed by atoms with E-state index in [1.165, 1.54) is 0 Å². The highest BCUT2D eigenvalue weighted by atomic mass is 16.5. The van der Waals surface area contributed by atoms with Crippen LogP contribution in [0, 0.1) is 11.3 Å². The molecule has 2 aliphatic rings. The number of carbonyl (C=O) groups is 2. The zero-order chi connectivity index (χ0) is 27.5. The van der Waals surface area contributed by atoms with Gasteiger partial charge in [0.05, 0.1) is 36.1 Å². The summed E-state index contributed by atoms with van der Waals surface area (Å²) >= 11 is 0. The quantitative estimate of drug-likeness (QED) is 0.382. The number of ketones is 1. The van der Waals surface area contributed by atoms with Gasteiger partial charge < -0.3 is 19.5 Å². The lowest BCUT2D eigenvalue weighted by Crippen LogP contribution is -2.29. The lowest BCUT2D eigenvalue weighted by molar-refractivity contribution is -0.138. The Morgan fingerprint density at radius 2 is 1.69 bits per heavy atom. The topological polar surface area (TPSA) is 97.6 Å². The summed E-state index contributed by atoms with van der Waals surface area (Å²) in [7, 11) is 0. The number of allylic oxidation sites excluding steroid dienone is 2. The van der Waals surface area contributed by atoms with Crippen molar-refractivity contribution in [3.05, 3.63) is 111 Å². The molecule has 1 aliphatic heterocycles. The van der Waals surface area contributed by atoms with Crippen LogP contribution in [0.1, 0.15) is 59.3 Å². The van der Waals surface area contributed by atoms with Gasteiger partial charge in [0.2, 0.25) is 0 Å². The van der Waals surface area contributed by atoms with Gasteiger partial charge in [0.1, 0.15) is 6.61 Å². The number of rotatable bonds is 8. The fourth-order valence-electron chi connectivity index (χ4n) is 5.14. The van der Waals surface area contributed by atoms with Crippen LogP contribution in [0.15, 0.2) is 83.6 Å². The number of hydrogen-bond donors (Lipinski definition) is 1. The number of nitriles is 1. The van der Waals surface area contributed by atoms with Crippen LogP contribution in [0.3, 0.4) is 0 Å². The summed E-state index contributed by atoms with van der Waals surface area (Å²) in [6, 6.07) is 22.3. The molecule has 0 bridgehead atoms. The van der Waals surface area contributed by atoms with E-state index >= 15 is 0 Å². The first-order valence-corrected chi connectivity index (χ1v) is 12.9. The van der Waals surface area contributed by atoms with Crippen LogP contribution in [0.5, 0.6) is 11.5 Å². The molecule has 196 valence electrons. The van der Waals surface area contributed by atoms with Crippen molar-refractivity contribution in [3.8, 4) is 17.6 Å². The number of esters is 1. The van der Waals surface area contributed by atoms with E-state index in [4.69, 9.17) is 14.2 Å². The van der Waals surface area contributed by atoms with Crippen molar-refractivity contribution < 1.29 is 23.8 Å². The fourth-order valence-corrected chi connectivity index (χ4v) is 5.14. The predicted molar refractivity (Wildman–Crippen MR) is 146 cm³/mol. The molecule has 1 atom stereocenters. The molecule has 3 aromatic carbocycles. The number of ether oxygens (including phenoxy) is 3. The van der Waals surface area contributed by atoms with Crippen molar-refractivity contribution in [1.82, 2.24) is 5.32 Å². The predicted octanol–water partition coefficient (Wildman–Crippen LogP) is 5.67. The van der Waals surface area contributed by atoms with Gasteiger partial charge >= 0.3 is 5.97 Å². The summed E-state index contributed by atoms with van der Waals surface area (Å²) in [4.78, 5) is 26.9. The van der Waals surface area contributed by atoms with E-state index in [1.54, 1.807) is 25.1 Å². The average Bonchev–Trinajstić information content (AvgIpc) is 3.23. The number of nitrogens with zero attached hydrogens (tertiary/aromatic N) is 1. The number of nitrogens with one attached hydrogen (secondary N) is 1. The molecule has 5 rings (SSSR count). The third-order valence-electron chi connectivity index (χ3n) is 6.87. The van der Waals surface area contributed by atoms with Gasteiger partial charge in [-0.1, -0.05) is 48.5 Å². The monoisotopic (exact) mass is 520 g/mol. The maximum absolute atomic E-state index is 13.7. The molecule has 0 saturated carbocycles. The Morgan fingerprint density at radius 3 is 2.44 bits per heavy atom. The Balaban J connectivity index is 1.58. The first-order valence-electron chi connectivity index (χ1n) is 12.9. The Bertz CT molecular complexity index is 1580. The van der Waals surface area contributed by atoms with Gasteiger partial charge in [0, 0.05) is 33.9 Å². The molecular formula is C32H28N2O5. The van der Waals surface area contributed by atoms with E-state index in [0.717, 1.165) is 11.1 Å². The third-order valence-corrected chi connectivity index (χ3v) is 6.87. The lowest BCUT2D eigenvalue weighted by atomic mass is 9.79. The number of benzene rings is 3. The molecule has 0 aromatic heterocycles. The largest absolute Gasteiger partial charge is 0.490 e. The molecule has 39 heavy (non-hydrogen) atoms. The van der Waals surface area contributed by atoms with Gasteiger partial charge in [0.25, 0.3) is 0 Å². The van der Waals surface area contributed by atoms with Crippen LogP contribution in [0.4, 0.5) is 0 Å². The van der Waals surface area contributed by atoms with Crippen molar-refractivity contribution in [3.63, 3.8) is 0 Å². The second-order valence-corrected chi connectivity index (χ2v) is 9.18. The van der Waals surface area contributed by atoms with E-state index in [1.807, 2.05) is 62.4 Å². The van der Waals surface area contributed by atoms with E-state index in [9.17, 15) is 14.9 Å². The molecular weight excluding hydrogens is 492 g/mol. The number of fused-ring (bicyclic) bond motifs is 2. The highest BCUT2D eigenvalue weighted by Crippen LogP contribution is 2.48. The van der Waals surface area contributed by atoms with Crippen molar-refractivity contribution in [2.24, 2.45) is 0 Å². The van der Waals surface area contributed by atoms with Gasteiger partial charge in [0.15, 0.2) is 17.3 Å². The van der Waals surface area contributed by atoms with E-state index < -0.39 is 11.9 Å². The van der Waals surface area contributed by atoms with Gasteiger partial charge in [-0.3, -0.25) is 4.79 Å². The Morgan fingerprint density at radius 1 is 0.949 bits per heavy atom. The van der Waals surface area contributed by atoms with Gasteiger partial charge in [-0.05, 0) is 44.5 Å². The van der Waals surface area contributed by atoms with Crippen LogP contribution in [0.2, 0.25) is 0 Å². The zero-order valence-corrected chi connectivity index (χ0v) is 22.0. The SMILES string of the molecule is CCOC(=O)C1=C(C)NC2=C(C(=O)c3ccccc32)[C@@H]1c1ccc(OCc2ccccc2C#N)c(OCC)c1. The molecule has 1 aliphatic carbocycles. The van der Waals surface area contributed by atoms with Crippen LogP contribution in [-0.4, -0.2) is 25.0 Å². The molecule has 1 heterocycles. The van der Waals surface area contributed by atoms with Gasteiger partial charge in [-0.2, -0.15) is 5.26 Å². The molecule has 7 nitrogen and oxygen atoms in total. The number of dihydropyridines is 1. The second kappa shape index (κ2) is 10.9. The van der Waals surface area contributed by atoms with Gasteiger partial charge in [-0.25, -0.2) is 4.79 Å². The lowest BCUT2D eigenvalue weighted by Gasteiger charge is -2.29. The minimum absolute atomic E-state index is 0.126. The van der Waals surface area contributed by atoms with Gasteiger partial charge in [-0.15, -0.1) is 0 Å². The summed E-state index contributed by atoms with van der Waals surface area (Å²) in [5, 5.41) is 12.7. The molecule has 0 fully saturated rings. The second-order valence-electron chi connectivity index (χ2n) is 9.18. The molecule has 7 heteroatoms. The Hall–Kier alpha value is -4.83. The van der Waals surface area contributed by atoms with Crippen molar-refractivity contribution >= 4 is 17.4 Å². The maximum atomic E-state index is 13.7. The highest BCUT2D eigenvalue weighted by Gasteiger charge is 2.43. The first kappa shape index (κ1) is 25.8. The minimum atomic E-state index is -0.659. The smallest absolute Gasteiger partial charge is 0.336 e. The van der Waals surface area contributed by atoms with Crippen molar-refractivity contribution in [1.29, 1.82) is 5.26 Å². The average molecular weight is 521 g/mol. The van der Waals surface area contributed by atoms with E-state index in [-0.39, 0.29) is 19.0 Å². The van der Waals surface area contributed by atoms with Crippen LogP contribution in [0.25, 0.3) is 5.70 Å².